The van der Waals surface area contributed by atoms with E-state index >= 15 is 0 Å². The second-order valence-electron chi connectivity index (χ2n) is 4.90. The minimum atomic E-state index is -0.560. The van der Waals surface area contributed by atoms with Gasteiger partial charge in [0.2, 0.25) is 0 Å². The van der Waals surface area contributed by atoms with Gasteiger partial charge in [0.1, 0.15) is 5.75 Å². The summed E-state index contributed by atoms with van der Waals surface area (Å²) in [5.41, 5.74) is 0.902. The van der Waals surface area contributed by atoms with Crippen molar-refractivity contribution in [1.29, 1.82) is 0 Å². The largest absolute Gasteiger partial charge is 0.496 e. The smallest absolute Gasteiger partial charge is 0.122 e. The molecule has 19 heavy (non-hydrogen) atoms. The molecule has 5 heteroatoms. The van der Waals surface area contributed by atoms with Crippen LogP contribution in [0.25, 0.3) is 0 Å². The molecule has 0 aromatic heterocycles. The summed E-state index contributed by atoms with van der Waals surface area (Å²) in [6.07, 6.45) is -0.250. The number of likely N-dealkylation sites (N-methyl/N-ethyl adjacent to an activating group) is 1. The van der Waals surface area contributed by atoms with Crippen LogP contribution >= 0.6 is 11.6 Å². The van der Waals surface area contributed by atoms with Crippen LogP contribution < -0.4 is 4.74 Å². The summed E-state index contributed by atoms with van der Waals surface area (Å²) in [6, 6.07) is 5.43. The van der Waals surface area contributed by atoms with Crippen molar-refractivity contribution in [3.63, 3.8) is 0 Å². The predicted molar refractivity (Wildman–Crippen MR) is 75.0 cm³/mol. The molecule has 1 aromatic rings. The lowest BCUT2D eigenvalue weighted by molar-refractivity contribution is -0.0824. The van der Waals surface area contributed by atoms with Crippen molar-refractivity contribution >= 4 is 11.6 Å². The number of benzene rings is 1. The molecule has 1 aliphatic heterocycles. The summed E-state index contributed by atoms with van der Waals surface area (Å²) in [4.78, 5) is 2.16. The van der Waals surface area contributed by atoms with Gasteiger partial charge in [-0.1, -0.05) is 11.6 Å². The van der Waals surface area contributed by atoms with E-state index in [9.17, 15) is 5.11 Å². The van der Waals surface area contributed by atoms with Gasteiger partial charge in [-0.2, -0.15) is 0 Å². The Bertz CT molecular complexity index is 427. The number of hydrogen-bond acceptors (Lipinski definition) is 4. The molecule has 2 rings (SSSR count). The molecule has 1 aliphatic rings. The van der Waals surface area contributed by atoms with Crippen molar-refractivity contribution in [2.75, 3.05) is 33.9 Å². The lowest BCUT2D eigenvalue weighted by Crippen LogP contribution is -2.46. The van der Waals surface area contributed by atoms with Gasteiger partial charge in [0.15, 0.2) is 0 Å². The topological polar surface area (TPSA) is 41.9 Å². The molecule has 0 radical (unpaired) electrons. The molecule has 0 amide bonds. The number of morpholine rings is 1. The van der Waals surface area contributed by atoms with Crippen molar-refractivity contribution in [3.05, 3.63) is 28.8 Å². The van der Waals surface area contributed by atoms with Gasteiger partial charge in [-0.25, -0.2) is 0 Å². The molecule has 0 bridgehead atoms. The number of rotatable bonds is 4. The Balaban J connectivity index is 2.05. The van der Waals surface area contributed by atoms with Crippen molar-refractivity contribution in [1.82, 2.24) is 4.90 Å². The van der Waals surface area contributed by atoms with Crippen LogP contribution in [0.15, 0.2) is 18.2 Å². The monoisotopic (exact) mass is 285 g/mol. The van der Waals surface area contributed by atoms with Gasteiger partial charge in [0.25, 0.3) is 0 Å². The molecule has 1 aromatic carbocycles. The first-order valence-corrected chi connectivity index (χ1v) is 6.78. The van der Waals surface area contributed by atoms with E-state index in [4.69, 9.17) is 21.1 Å². The summed E-state index contributed by atoms with van der Waals surface area (Å²) in [6.45, 7) is 2.30. The molecule has 1 fully saturated rings. The number of aliphatic hydroxyl groups is 1. The zero-order valence-electron chi connectivity index (χ0n) is 11.3. The maximum atomic E-state index is 10.3. The Morgan fingerprint density at radius 2 is 2.37 bits per heavy atom. The quantitative estimate of drug-likeness (QED) is 0.912. The second-order valence-corrected chi connectivity index (χ2v) is 5.34. The van der Waals surface area contributed by atoms with E-state index in [1.165, 1.54) is 0 Å². The minimum absolute atomic E-state index is 0.164. The molecule has 0 saturated carbocycles. The molecule has 1 saturated heterocycles. The molecular weight excluding hydrogens is 266 g/mol. The van der Waals surface area contributed by atoms with Crippen LogP contribution in [0.2, 0.25) is 5.02 Å². The lowest BCUT2D eigenvalue weighted by atomic mass is 10.0. The first-order valence-electron chi connectivity index (χ1n) is 6.41. The van der Waals surface area contributed by atoms with E-state index in [0.29, 0.717) is 18.1 Å². The summed E-state index contributed by atoms with van der Waals surface area (Å²) in [5.74, 6) is 0.743. The van der Waals surface area contributed by atoms with E-state index < -0.39 is 6.10 Å². The van der Waals surface area contributed by atoms with Gasteiger partial charge in [-0.3, -0.25) is 0 Å². The van der Waals surface area contributed by atoms with Crippen molar-refractivity contribution in [2.45, 2.75) is 18.6 Å². The highest BCUT2D eigenvalue weighted by molar-refractivity contribution is 6.30. The molecule has 1 N–H and O–H groups in total. The van der Waals surface area contributed by atoms with Gasteiger partial charge in [0, 0.05) is 24.5 Å². The first-order chi connectivity index (χ1) is 9.10. The second kappa shape index (κ2) is 6.57. The first kappa shape index (κ1) is 14.6. The SMILES string of the molecule is COc1ccc(Cl)cc1CC(O)C1CN(C)CCO1. The number of ether oxygens (including phenoxy) is 2. The number of nitrogens with zero attached hydrogens (tertiary/aromatic N) is 1. The van der Waals surface area contributed by atoms with E-state index in [1.807, 2.05) is 19.2 Å². The highest BCUT2D eigenvalue weighted by Gasteiger charge is 2.26. The lowest BCUT2D eigenvalue weighted by Gasteiger charge is -2.33. The van der Waals surface area contributed by atoms with Crippen LogP contribution in [0, 0.1) is 0 Å². The number of aliphatic hydroxyl groups excluding tert-OH is 1. The fourth-order valence-corrected chi connectivity index (χ4v) is 2.50. The molecule has 4 nitrogen and oxygen atoms in total. The van der Waals surface area contributed by atoms with Gasteiger partial charge >= 0.3 is 0 Å². The third-order valence-corrected chi connectivity index (χ3v) is 3.63. The van der Waals surface area contributed by atoms with Crippen LogP contribution in [0.4, 0.5) is 0 Å². The average molecular weight is 286 g/mol. The average Bonchev–Trinajstić information content (AvgIpc) is 2.39. The molecule has 2 unspecified atom stereocenters. The van der Waals surface area contributed by atoms with Gasteiger partial charge in [-0.15, -0.1) is 0 Å². The Morgan fingerprint density at radius 3 is 3.05 bits per heavy atom. The van der Waals surface area contributed by atoms with Crippen molar-refractivity contribution < 1.29 is 14.6 Å². The zero-order valence-corrected chi connectivity index (χ0v) is 12.1. The Morgan fingerprint density at radius 1 is 1.58 bits per heavy atom. The highest BCUT2D eigenvalue weighted by atomic mass is 35.5. The zero-order chi connectivity index (χ0) is 13.8. The Kier molecular flexibility index (Phi) is 5.05. The number of methoxy groups -OCH3 is 1. The predicted octanol–water partition coefficient (Wildman–Crippen LogP) is 1.58. The fourth-order valence-electron chi connectivity index (χ4n) is 2.31. The Hall–Kier alpha value is -0.810. The summed E-state index contributed by atoms with van der Waals surface area (Å²) in [5, 5.41) is 10.9. The normalized spacial score (nSPS) is 22.2. The van der Waals surface area contributed by atoms with Crippen LogP contribution in [0.5, 0.6) is 5.75 Å². The summed E-state index contributed by atoms with van der Waals surface area (Å²) < 4.78 is 10.9. The summed E-state index contributed by atoms with van der Waals surface area (Å²) >= 11 is 5.99. The molecule has 1 heterocycles. The third-order valence-electron chi connectivity index (χ3n) is 3.40. The van der Waals surface area contributed by atoms with Crippen LogP contribution in [-0.4, -0.2) is 56.1 Å². The minimum Gasteiger partial charge on any atom is -0.496 e. The molecule has 106 valence electrons. The van der Waals surface area contributed by atoms with Crippen molar-refractivity contribution in [3.8, 4) is 5.75 Å². The van der Waals surface area contributed by atoms with Crippen LogP contribution in [0.3, 0.4) is 0 Å². The number of halogens is 1. The van der Waals surface area contributed by atoms with Gasteiger partial charge < -0.3 is 19.5 Å². The highest BCUT2D eigenvalue weighted by Crippen LogP contribution is 2.25. The molecule has 2 atom stereocenters. The van der Waals surface area contributed by atoms with Gasteiger partial charge in [0.05, 0.1) is 25.9 Å². The number of hydrogen-bond donors (Lipinski definition) is 1. The van der Waals surface area contributed by atoms with Crippen molar-refractivity contribution in [2.24, 2.45) is 0 Å². The van der Waals surface area contributed by atoms with Crippen LogP contribution in [0.1, 0.15) is 5.56 Å². The van der Waals surface area contributed by atoms with Gasteiger partial charge in [-0.05, 0) is 30.8 Å². The van der Waals surface area contributed by atoms with Crippen LogP contribution in [-0.2, 0) is 11.2 Å². The molecule has 0 spiro atoms. The van der Waals surface area contributed by atoms with E-state index in [2.05, 4.69) is 4.90 Å². The maximum Gasteiger partial charge on any atom is 0.122 e. The van der Waals surface area contributed by atoms with E-state index in [-0.39, 0.29) is 6.10 Å². The maximum absolute atomic E-state index is 10.3. The molecule has 0 aliphatic carbocycles. The fraction of sp³-hybridized carbons (Fsp3) is 0.571. The standard InChI is InChI=1S/C14H20ClNO3/c1-16-5-6-19-14(9-16)12(17)8-10-7-11(15)3-4-13(10)18-2/h3-4,7,12,14,17H,5-6,8-9H2,1-2H3. The van der Waals surface area contributed by atoms with E-state index in [0.717, 1.165) is 24.4 Å². The summed E-state index contributed by atoms with van der Waals surface area (Å²) in [7, 11) is 3.65. The van der Waals surface area contributed by atoms with E-state index in [1.54, 1.807) is 13.2 Å². The Labute approximate surface area is 118 Å². The third kappa shape index (κ3) is 3.83. The molecular formula is C14H20ClNO3.